The lowest BCUT2D eigenvalue weighted by atomic mass is 9.75. The van der Waals surface area contributed by atoms with Gasteiger partial charge in [-0.3, -0.25) is 0 Å². The molecule has 0 aliphatic heterocycles. The topological polar surface area (TPSA) is 38.0 Å². The van der Waals surface area contributed by atoms with Crippen molar-refractivity contribution >= 4 is 0 Å². The maximum absolute atomic E-state index is 10.3. The molecule has 0 spiro atoms. The lowest BCUT2D eigenvalue weighted by Gasteiger charge is -2.33. The molecule has 1 heterocycles. The van der Waals surface area contributed by atoms with Crippen LogP contribution in [0.25, 0.3) is 0 Å². The third-order valence-electron chi connectivity index (χ3n) is 4.87. The molecule has 3 atom stereocenters. The Labute approximate surface area is 126 Å². The summed E-state index contributed by atoms with van der Waals surface area (Å²) in [5.74, 6) is 2.10. The number of hydrogen-bond donors (Lipinski definition) is 1. The van der Waals surface area contributed by atoms with E-state index in [1.807, 2.05) is 19.4 Å². The van der Waals surface area contributed by atoms with Crippen LogP contribution < -0.4 is 0 Å². The van der Waals surface area contributed by atoms with Crippen molar-refractivity contribution in [2.75, 3.05) is 0 Å². The number of aromatic nitrogens is 2. The summed E-state index contributed by atoms with van der Waals surface area (Å²) in [5, 5.41) is 10.3. The molecule has 3 unspecified atom stereocenters. The molecular formula is C18H24N2O. The van der Waals surface area contributed by atoms with Crippen LogP contribution >= 0.6 is 0 Å². The summed E-state index contributed by atoms with van der Waals surface area (Å²) in [6.45, 7) is 0. The van der Waals surface area contributed by atoms with Crippen LogP contribution in [0.1, 0.15) is 43.0 Å². The van der Waals surface area contributed by atoms with Crippen LogP contribution in [0.5, 0.6) is 0 Å². The summed E-state index contributed by atoms with van der Waals surface area (Å²) in [5.41, 5.74) is 1.42. The maximum Gasteiger partial charge on any atom is 0.108 e. The molecule has 3 nitrogen and oxygen atoms in total. The van der Waals surface area contributed by atoms with Crippen LogP contribution in [0.2, 0.25) is 0 Å². The minimum absolute atomic E-state index is 0.148. The Kier molecular flexibility index (Phi) is 4.39. The quantitative estimate of drug-likeness (QED) is 0.935. The first-order valence-corrected chi connectivity index (χ1v) is 7.93. The van der Waals surface area contributed by atoms with Crippen molar-refractivity contribution in [3.63, 3.8) is 0 Å². The van der Waals surface area contributed by atoms with Crippen LogP contribution in [-0.4, -0.2) is 20.8 Å². The van der Waals surface area contributed by atoms with Gasteiger partial charge in [0.15, 0.2) is 0 Å². The highest BCUT2D eigenvalue weighted by Crippen LogP contribution is 2.38. The molecule has 1 aromatic heterocycles. The number of rotatable bonds is 4. The number of aliphatic hydroxyl groups is 1. The highest BCUT2D eigenvalue weighted by molar-refractivity contribution is 5.20. The molecule has 0 saturated heterocycles. The van der Waals surface area contributed by atoms with Gasteiger partial charge in [-0.1, -0.05) is 30.3 Å². The first-order chi connectivity index (χ1) is 10.2. The first kappa shape index (κ1) is 14.3. The molecular weight excluding hydrogens is 260 g/mol. The number of aryl methyl sites for hydroxylation is 2. The fourth-order valence-electron chi connectivity index (χ4n) is 3.54. The molecule has 1 saturated carbocycles. The molecule has 21 heavy (non-hydrogen) atoms. The second-order valence-electron chi connectivity index (χ2n) is 6.24. The van der Waals surface area contributed by atoms with Gasteiger partial charge in [0.1, 0.15) is 5.82 Å². The molecule has 1 fully saturated rings. The zero-order chi connectivity index (χ0) is 14.7. The van der Waals surface area contributed by atoms with Crippen molar-refractivity contribution < 1.29 is 5.11 Å². The zero-order valence-electron chi connectivity index (χ0n) is 12.7. The predicted octanol–water partition coefficient (Wildman–Crippen LogP) is 3.30. The van der Waals surface area contributed by atoms with E-state index in [2.05, 4.69) is 39.9 Å². The fourth-order valence-corrected chi connectivity index (χ4v) is 3.54. The molecule has 1 aromatic carbocycles. The third kappa shape index (κ3) is 3.35. The van der Waals surface area contributed by atoms with Crippen LogP contribution in [0, 0.1) is 5.92 Å². The molecule has 3 rings (SSSR count). The summed E-state index contributed by atoms with van der Waals surface area (Å²) in [4.78, 5) is 4.38. The Bertz CT molecular complexity index is 564. The molecule has 0 amide bonds. The largest absolute Gasteiger partial charge is 0.393 e. The SMILES string of the molecule is Cn1ccnc1CCC1CC(c2ccccc2)CCC1O. The van der Waals surface area contributed by atoms with Gasteiger partial charge in [-0.25, -0.2) is 4.98 Å². The fraction of sp³-hybridized carbons (Fsp3) is 0.500. The molecule has 0 bridgehead atoms. The average molecular weight is 284 g/mol. The van der Waals surface area contributed by atoms with E-state index in [1.54, 1.807) is 0 Å². The lowest BCUT2D eigenvalue weighted by Crippen LogP contribution is -2.29. The second-order valence-corrected chi connectivity index (χ2v) is 6.24. The van der Waals surface area contributed by atoms with Crippen LogP contribution in [-0.2, 0) is 13.5 Å². The van der Waals surface area contributed by atoms with Crippen molar-refractivity contribution in [3.8, 4) is 0 Å². The molecule has 1 N–H and O–H groups in total. The van der Waals surface area contributed by atoms with Crippen molar-refractivity contribution in [2.45, 2.75) is 44.1 Å². The van der Waals surface area contributed by atoms with Crippen molar-refractivity contribution in [1.82, 2.24) is 9.55 Å². The van der Waals surface area contributed by atoms with E-state index in [0.29, 0.717) is 11.8 Å². The van der Waals surface area contributed by atoms with E-state index in [9.17, 15) is 5.11 Å². The molecule has 0 radical (unpaired) electrons. The Balaban J connectivity index is 1.62. The Hall–Kier alpha value is -1.61. The van der Waals surface area contributed by atoms with Crippen molar-refractivity contribution in [2.24, 2.45) is 13.0 Å². The van der Waals surface area contributed by atoms with Gasteiger partial charge in [0.2, 0.25) is 0 Å². The monoisotopic (exact) mass is 284 g/mol. The highest BCUT2D eigenvalue weighted by atomic mass is 16.3. The highest BCUT2D eigenvalue weighted by Gasteiger charge is 2.29. The van der Waals surface area contributed by atoms with E-state index < -0.39 is 0 Å². The number of benzene rings is 1. The minimum Gasteiger partial charge on any atom is -0.393 e. The molecule has 112 valence electrons. The van der Waals surface area contributed by atoms with Crippen LogP contribution in [0.15, 0.2) is 42.7 Å². The first-order valence-electron chi connectivity index (χ1n) is 7.93. The third-order valence-corrected chi connectivity index (χ3v) is 4.87. The normalized spacial score (nSPS) is 25.9. The van der Waals surface area contributed by atoms with E-state index in [1.165, 1.54) is 5.56 Å². The maximum atomic E-state index is 10.3. The Morgan fingerprint density at radius 2 is 2.05 bits per heavy atom. The summed E-state index contributed by atoms with van der Waals surface area (Å²) in [6, 6.07) is 10.7. The Morgan fingerprint density at radius 3 is 2.76 bits per heavy atom. The molecule has 1 aliphatic rings. The van der Waals surface area contributed by atoms with Crippen molar-refractivity contribution in [1.29, 1.82) is 0 Å². The van der Waals surface area contributed by atoms with Gasteiger partial charge in [0.05, 0.1) is 6.10 Å². The number of imidazole rings is 1. The van der Waals surface area contributed by atoms with Gasteiger partial charge in [-0.2, -0.15) is 0 Å². The Morgan fingerprint density at radius 1 is 1.24 bits per heavy atom. The van der Waals surface area contributed by atoms with Gasteiger partial charge in [-0.05, 0) is 43.1 Å². The summed E-state index contributed by atoms with van der Waals surface area (Å²) in [7, 11) is 2.03. The zero-order valence-corrected chi connectivity index (χ0v) is 12.7. The smallest absolute Gasteiger partial charge is 0.108 e. The van der Waals surface area contributed by atoms with Gasteiger partial charge in [0.25, 0.3) is 0 Å². The average Bonchev–Trinajstić information content (AvgIpc) is 2.93. The van der Waals surface area contributed by atoms with Crippen molar-refractivity contribution in [3.05, 3.63) is 54.1 Å². The van der Waals surface area contributed by atoms with Gasteiger partial charge in [0, 0.05) is 25.9 Å². The van der Waals surface area contributed by atoms with Gasteiger partial charge < -0.3 is 9.67 Å². The van der Waals surface area contributed by atoms with Crippen LogP contribution in [0.3, 0.4) is 0 Å². The van der Waals surface area contributed by atoms with E-state index >= 15 is 0 Å². The summed E-state index contributed by atoms with van der Waals surface area (Å²) < 4.78 is 2.07. The summed E-state index contributed by atoms with van der Waals surface area (Å²) >= 11 is 0. The predicted molar refractivity (Wildman–Crippen MR) is 84.1 cm³/mol. The molecule has 1 aliphatic carbocycles. The summed E-state index contributed by atoms with van der Waals surface area (Å²) in [6.07, 6.45) is 8.77. The van der Waals surface area contributed by atoms with E-state index in [0.717, 1.165) is 37.9 Å². The lowest BCUT2D eigenvalue weighted by molar-refractivity contribution is 0.0572. The van der Waals surface area contributed by atoms with E-state index in [4.69, 9.17) is 0 Å². The number of aliphatic hydroxyl groups excluding tert-OH is 1. The van der Waals surface area contributed by atoms with Crippen LogP contribution in [0.4, 0.5) is 0 Å². The molecule has 2 aromatic rings. The van der Waals surface area contributed by atoms with Gasteiger partial charge in [-0.15, -0.1) is 0 Å². The number of hydrogen-bond acceptors (Lipinski definition) is 2. The number of nitrogens with zero attached hydrogens (tertiary/aromatic N) is 2. The standard InChI is InChI=1S/C18H24N2O/c1-20-12-11-19-18(20)10-8-16-13-15(7-9-17(16)21)14-5-3-2-4-6-14/h2-6,11-12,15-17,21H,7-10,13H2,1H3. The second kappa shape index (κ2) is 6.44. The molecule has 3 heteroatoms. The minimum atomic E-state index is -0.148. The van der Waals surface area contributed by atoms with E-state index in [-0.39, 0.29) is 6.10 Å². The van der Waals surface area contributed by atoms with Gasteiger partial charge >= 0.3 is 0 Å².